The number of nitrogens with zero attached hydrogens (tertiary/aromatic N) is 3. The zero-order chi connectivity index (χ0) is 19.7. The molecule has 0 bridgehead atoms. The summed E-state index contributed by atoms with van der Waals surface area (Å²) >= 11 is 10.1. The minimum Gasteiger partial charge on any atom is -0.301 e. The van der Waals surface area contributed by atoms with Gasteiger partial charge in [0.25, 0.3) is 0 Å². The van der Waals surface area contributed by atoms with Crippen LogP contribution in [0.15, 0.2) is 46.8 Å². The van der Waals surface area contributed by atoms with Crippen molar-refractivity contribution < 1.29 is 4.79 Å². The lowest BCUT2D eigenvalue weighted by Gasteiger charge is -2.14. The fraction of sp³-hybridized carbons (Fsp3) is 0.263. The van der Waals surface area contributed by atoms with Crippen LogP contribution in [0.4, 0.5) is 5.13 Å². The molecule has 1 aliphatic carbocycles. The summed E-state index contributed by atoms with van der Waals surface area (Å²) in [7, 11) is 0. The number of allylic oxidation sites excluding steroid dienone is 1. The molecular formula is C19H18BrN5OS2. The van der Waals surface area contributed by atoms with Crippen LogP contribution >= 0.6 is 39.5 Å². The Kier molecular flexibility index (Phi) is 5.31. The number of carbonyl (C=O) groups is 1. The van der Waals surface area contributed by atoms with Crippen molar-refractivity contribution in [3.8, 4) is 0 Å². The van der Waals surface area contributed by atoms with Crippen molar-refractivity contribution in [3.05, 3.63) is 68.6 Å². The average Bonchev–Trinajstić information content (AvgIpc) is 3.28. The molecule has 28 heavy (non-hydrogen) atoms. The van der Waals surface area contributed by atoms with Crippen molar-refractivity contribution in [2.75, 3.05) is 5.32 Å². The van der Waals surface area contributed by atoms with Crippen LogP contribution in [-0.2, 0) is 23.2 Å². The molecule has 9 heteroatoms. The normalized spacial score (nSPS) is 14.6. The average molecular weight is 476 g/mol. The summed E-state index contributed by atoms with van der Waals surface area (Å²) in [6.07, 6.45) is 4.02. The van der Waals surface area contributed by atoms with Crippen LogP contribution in [0.5, 0.6) is 0 Å². The van der Waals surface area contributed by atoms with Gasteiger partial charge in [0.05, 0.1) is 17.5 Å². The molecule has 6 nitrogen and oxygen atoms in total. The highest BCUT2D eigenvalue weighted by atomic mass is 79.9. The van der Waals surface area contributed by atoms with Crippen LogP contribution in [-0.4, -0.2) is 25.7 Å². The molecular weight excluding hydrogens is 458 g/mol. The van der Waals surface area contributed by atoms with E-state index < -0.39 is 5.41 Å². The number of anilines is 1. The van der Waals surface area contributed by atoms with Gasteiger partial charge in [0, 0.05) is 16.4 Å². The van der Waals surface area contributed by atoms with E-state index in [1.54, 1.807) is 6.08 Å². The lowest BCUT2D eigenvalue weighted by atomic mass is 9.95. The van der Waals surface area contributed by atoms with E-state index >= 15 is 0 Å². The molecule has 1 aliphatic rings. The smallest absolute Gasteiger partial charge is 0.236 e. The topological polar surface area (TPSA) is 75.6 Å². The molecule has 1 saturated carbocycles. The largest absolute Gasteiger partial charge is 0.301 e. The molecule has 2 aromatic heterocycles. The Morgan fingerprint density at radius 2 is 2.18 bits per heavy atom. The van der Waals surface area contributed by atoms with Gasteiger partial charge in [-0.3, -0.25) is 14.5 Å². The fourth-order valence-electron chi connectivity index (χ4n) is 3.17. The summed E-state index contributed by atoms with van der Waals surface area (Å²) in [5, 5.41) is 12.6. The molecule has 144 valence electrons. The van der Waals surface area contributed by atoms with Gasteiger partial charge >= 0.3 is 0 Å². The Morgan fingerprint density at radius 3 is 2.86 bits per heavy atom. The van der Waals surface area contributed by atoms with Crippen LogP contribution in [0.2, 0.25) is 0 Å². The molecule has 4 rings (SSSR count). The molecule has 0 spiro atoms. The second kappa shape index (κ2) is 7.73. The Balaban J connectivity index is 1.47. The summed E-state index contributed by atoms with van der Waals surface area (Å²) in [6.45, 7) is 4.34. The zero-order valence-corrected chi connectivity index (χ0v) is 18.2. The third-order valence-corrected chi connectivity index (χ3v) is 6.49. The molecule has 3 aromatic rings. The van der Waals surface area contributed by atoms with Crippen molar-refractivity contribution in [2.24, 2.45) is 0 Å². The zero-order valence-electron chi connectivity index (χ0n) is 14.9. The van der Waals surface area contributed by atoms with Crippen LogP contribution in [0, 0.1) is 4.77 Å². The summed E-state index contributed by atoms with van der Waals surface area (Å²) in [6, 6.07) is 7.96. The van der Waals surface area contributed by atoms with E-state index in [-0.39, 0.29) is 5.91 Å². The summed E-state index contributed by atoms with van der Waals surface area (Å²) in [5.74, 6) is 0.798. The first kappa shape index (κ1) is 19.2. The van der Waals surface area contributed by atoms with Crippen LogP contribution in [0.3, 0.4) is 0 Å². The number of aromatic amines is 1. The minimum atomic E-state index is -0.432. The van der Waals surface area contributed by atoms with Gasteiger partial charge in [-0.1, -0.05) is 34.1 Å². The van der Waals surface area contributed by atoms with Gasteiger partial charge in [-0.25, -0.2) is 4.98 Å². The van der Waals surface area contributed by atoms with Crippen LogP contribution in [0.1, 0.15) is 29.9 Å². The van der Waals surface area contributed by atoms with E-state index in [1.807, 2.05) is 34.2 Å². The van der Waals surface area contributed by atoms with E-state index in [4.69, 9.17) is 12.2 Å². The third-order valence-electron chi connectivity index (χ3n) is 4.84. The Labute approximate surface area is 179 Å². The van der Waals surface area contributed by atoms with Crippen LogP contribution < -0.4 is 5.32 Å². The number of carbonyl (C=O) groups excluding carboxylic acids is 1. The van der Waals surface area contributed by atoms with E-state index in [2.05, 4.69) is 43.0 Å². The highest BCUT2D eigenvalue weighted by Gasteiger charge is 2.51. The number of benzene rings is 1. The maximum absolute atomic E-state index is 12.9. The van der Waals surface area contributed by atoms with Gasteiger partial charge < -0.3 is 5.32 Å². The molecule has 0 unspecified atom stereocenters. The predicted molar refractivity (Wildman–Crippen MR) is 116 cm³/mol. The van der Waals surface area contributed by atoms with Crippen molar-refractivity contribution in [1.82, 2.24) is 19.7 Å². The fourth-order valence-corrected chi connectivity index (χ4v) is 4.36. The molecule has 0 radical (unpaired) electrons. The Hall–Kier alpha value is -2.10. The Bertz CT molecular complexity index is 1080. The third kappa shape index (κ3) is 3.74. The lowest BCUT2D eigenvalue weighted by Crippen LogP contribution is -2.27. The lowest BCUT2D eigenvalue weighted by molar-refractivity contribution is -0.118. The molecule has 0 aliphatic heterocycles. The van der Waals surface area contributed by atoms with Gasteiger partial charge in [-0.05, 0) is 42.8 Å². The number of aromatic nitrogens is 4. The first-order valence-corrected chi connectivity index (χ1v) is 10.9. The Morgan fingerprint density at radius 1 is 1.43 bits per heavy atom. The van der Waals surface area contributed by atoms with Gasteiger partial charge in [0.15, 0.2) is 9.90 Å². The number of amides is 1. The number of thiazole rings is 1. The number of nitrogens with one attached hydrogen (secondary N) is 2. The predicted octanol–water partition coefficient (Wildman–Crippen LogP) is 4.61. The SMILES string of the molecule is C=CCn1c(Cc2csc(NC(=O)C3(c4ccc(Br)cc4)CC3)n2)n[nH]c1=S. The molecule has 2 N–H and O–H groups in total. The van der Waals surface area contributed by atoms with Gasteiger partial charge in [0.1, 0.15) is 5.82 Å². The molecule has 1 aromatic carbocycles. The highest BCUT2D eigenvalue weighted by molar-refractivity contribution is 9.10. The van der Waals surface area contributed by atoms with Crippen LogP contribution in [0.25, 0.3) is 0 Å². The van der Waals surface area contributed by atoms with E-state index in [9.17, 15) is 4.79 Å². The minimum absolute atomic E-state index is 0.00468. The van der Waals surface area contributed by atoms with Crippen molar-refractivity contribution in [1.29, 1.82) is 0 Å². The standard InChI is InChI=1S/C19H18BrN5OS2/c1-2-9-25-15(23-24-18(25)27)10-14-11-28-17(21-14)22-16(26)19(7-8-19)12-3-5-13(20)6-4-12/h2-6,11H,1,7-10H2,(H,24,27)(H,21,22,26). The summed E-state index contributed by atoms with van der Waals surface area (Å²) in [5.41, 5.74) is 1.46. The summed E-state index contributed by atoms with van der Waals surface area (Å²) < 4.78 is 3.45. The second-order valence-corrected chi connectivity index (χ2v) is 8.87. The monoisotopic (exact) mass is 475 g/mol. The second-order valence-electron chi connectivity index (χ2n) is 6.71. The number of halogens is 1. The molecule has 1 fully saturated rings. The van der Waals surface area contributed by atoms with Gasteiger partial charge in [-0.15, -0.1) is 17.9 Å². The maximum Gasteiger partial charge on any atom is 0.236 e. The highest BCUT2D eigenvalue weighted by Crippen LogP contribution is 2.49. The number of hydrogen-bond acceptors (Lipinski definition) is 5. The van der Waals surface area contributed by atoms with Gasteiger partial charge in [0.2, 0.25) is 5.91 Å². The molecule has 0 saturated heterocycles. The van der Waals surface area contributed by atoms with E-state index in [0.717, 1.165) is 34.4 Å². The van der Waals surface area contributed by atoms with Crippen molar-refractivity contribution in [3.63, 3.8) is 0 Å². The van der Waals surface area contributed by atoms with Crippen molar-refractivity contribution >= 4 is 50.5 Å². The number of rotatable bonds is 7. The number of hydrogen-bond donors (Lipinski definition) is 2. The van der Waals surface area contributed by atoms with Gasteiger partial charge in [-0.2, -0.15) is 5.10 Å². The van der Waals surface area contributed by atoms with E-state index in [0.29, 0.717) is 22.9 Å². The summed E-state index contributed by atoms with van der Waals surface area (Å²) in [4.78, 5) is 17.4. The molecule has 0 atom stereocenters. The maximum atomic E-state index is 12.9. The molecule has 2 heterocycles. The number of H-pyrrole nitrogens is 1. The first-order valence-electron chi connectivity index (χ1n) is 8.79. The first-order chi connectivity index (χ1) is 13.5. The van der Waals surface area contributed by atoms with E-state index in [1.165, 1.54) is 11.3 Å². The quantitative estimate of drug-likeness (QED) is 0.386. The molecule has 1 amide bonds. The van der Waals surface area contributed by atoms with Crippen molar-refractivity contribution in [2.45, 2.75) is 31.2 Å².